The van der Waals surface area contributed by atoms with Crippen LogP contribution in [-0.4, -0.2) is 39.1 Å². The zero-order chi connectivity index (χ0) is 14.8. The Morgan fingerprint density at radius 3 is 2.45 bits per heavy atom. The van der Waals surface area contributed by atoms with E-state index in [1.165, 1.54) is 11.1 Å². The minimum absolute atomic E-state index is 0.267. The van der Waals surface area contributed by atoms with Crippen LogP contribution < -0.4 is 10.2 Å². The first-order chi connectivity index (χ1) is 9.37. The van der Waals surface area contributed by atoms with Crippen LogP contribution in [0.1, 0.15) is 25.0 Å². The molecule has 0 saturated carbocycles. The van der Waals surface area contributed by atoms with E-state index < -0.39 is 9.84 Å². The highest BCUT2D eigenvalue weighted by molar-refractivity contribution is 7.91. The summed E-state index contributed by atoms with van der Waals surface area (Å²) in [6.07, 6.45) is 0. The van der Waals surface area contributed by atoms with Gasteiger partial charge in [0.1, 0.15) is 0 Å². The van der Waals surface area contributed by atoms with Gasteiger partial charge in [0.05, 0.1) is 11.5 Å². The molecule has 4 nitrogen and oxygen atoms in total. The van der Waals surface area contributed by atoms with Gasteiger partial charge in [-0.1, -0.05) is 26.0 Å². The first-order valence-corrected chi connectivity index (χ1v) is 8.98. The monoisotopic (exact) mass is 296 g/mol. The summed E-state index contributed by atoms with van der Waals surface area (Å²) in [6, 6.07) is 6.90. The van der Waals surface area contributed by atoms with Crippen molar-refractivity contribution < 1.29 is 8.42 Å². The van der Waals surface area contributed by atoms with Crippen LogP contribution >= 0.6 is 0 Å². The van der Waals surface area contributed by atoms with Crippen LogP contribution in [0.25, 0.3) is 0 Å². The fraction of sp³-hybridized carbons (Fsp3) is 0.600. The molecular formula is C15H24N2O2S. The number of hydrogen-bond acceptors (Lipinski definition) is 4. The quantitative estimate of drug-likeness (QED) is 0.919. The van der Waals surface area contributed by atoms with E-state index >= 15 is 0 Å². The maximum Gasteiger partial charge on any atom is 0.153 e. The molecule has 1 aromatic rings. The molecule has 0 unspecified atom stereocenters. The van der Waals surface area contributed by atoms with Gasteiger partial charge in [-0.25, -0.2) is 8.42 Å². The highest BCUT2D eigenvalue weighted by atomic mass is 32.2. The molecular weight excluding hydrogens is 272 g/mol. The first-order valence-electron chi connectivity index (χ1n) is 7.16. The van der Waals surface area contributed by atoms with E-state index in [0.717, 1.165) is 12.2 Å². The van der Waals surface area contributed by atoms with Gasteiger partial charge in [0.25, 0.3) is 0 Å². The fourth-order valence-electron chi connectivity index (χ4n) is 2.46. The third kappa shape index (κ3) is 3.96. The van der Waals surface area contributed by atoms with E-state index in [2.05, 4.69) is 49.2 Å². The van der Waals surface area contributed by atoms with Crippen molar-refractivity contribution in [3.63, 3.8) is 0 Å². The lowest BCUT2D eigenvalue weighted by atomic mass is 10.1. The van der Waals surface area contributed by atoms with E-state index in [1.807, 2.05) is 0 Å². The van der Waals surface area contributed by atoms with E-state index in [-0.39, 0.29) is 11.5 Å². The largest absolute Gasteiger partial charge is 0.369 e. The Balaban J connectivity index is 2.06. The number of nitrogens with one attached hydrogen (secondary N) is 1. The smallest absolute Gasteiger partial charge is 0.153 e. The minimum atomic E-state index is -2.81. The van der Waals surface area contributed by atoms with Crippen LogP contribution in [0.15, 0.2) is 18.2 Å². The normalized spacial score (nSPS) is 18.5. The van der Waals surface area contributed by atoms with Gasteiger partial charge in [0.2, 0.25) is 0 Å². The predicted molar refractivity (Wildman–Crippen MR) is 84.0 cm³/mol. The SMILES string of the molecule is Cc1cc(CNC(C)C)ccc1N1CCS(=O)(=O)CC1. The number of aryl methyl sites for hydroxylation is 1. The molecule has 1 heterocycles. The second-order valence-electron chi connectivity index (χ2n) is 5.80. The number of sulfone groups is 1. The molecule has 0 amide bonds. The molecule has 0 aliphatic carbocycles. The maximum atomic E-state index is 11.5. The third-order valence-corrected chi connectivity index (χ3v) is 5.27. The van der Waals surface area contributed by atoms with Crippen molar-refractivity contribution >= 4 is 15.5 Å². The van der Waals surface area contributed by atoms with Crippen molar-refractivity contribution in [2.45, 2.75) is 33.4 Å². The molecule has 20 heavy (non-hydrogen) atoms. The Morgan fingerprint density at radius 2 is 1.90 bits per heavy atom. The zero-order valence-electron chi connectivity index (χ0n) is 12.5. The second kappa shape index (κ2) is 6.14. The van der Waals surface area contributed by atoms with Crippen molar-refractivity contribution in [3.05, 3.63) is 29.3 Å². The number of rotatable bonds is 4. The van der Waals surface area contributed by atoms with Crippen LogP contribution in [0, 0.1) is 6.92 Å². The fourth-order valence-corrected chi connectivity index (χ4v) is 3.66. The summed E-state index contributed by atoms with van der Waals surface area (Å²) in [5.74, 6) is 0.534. The van der Waals surface area contributed by atoms with Crippen LogP contribution in [0.4, 0.5) is 5.69 Å². The predicted octanol–water partition coefficient (Wildman–Crippen LogP) is 1.73. The number of hydrogen-bond donors (Lipinski definition) is 1. The lowest BCUT2D eigenvalue weighted by Crippen LogP contribution is -2.40. The van der Waals surface area contributed by atoms with Crippen molar-refractivity contribution in [2.75, 3.05) is 29.5 Å². The van der Waals surface area contributed by atoms with Crippen LogP contribution in [0.3, 0.4) is 0 Å². The van der Waals surface area contributed by atoms with Crippen LogP contribution in [0.2, 0.25) is 0 Å². The molecule has 1 aliphatic rings. The number of benzene rings is 1. The van der Waals surface area contributed by atoms with E-state index in [9.17, 15) is 8.42 Å². The molecule has 1 aliphatic heterocycles. The van der Waals surface area contributed by atoms with Gasteiger partial charge in [-0.05, 0) is 24.1 Å². The molecule has 0 aromatic heterocycles. The van der Waals surface area contributed by atoms with Gasteiger partial charge in [0, 0.05) is 31.4 Å². The molecule has 1 N–H and O–H groups in total. The Hall–Kier alpha value is -1.07. The highest BCUT2D eigenvalue weighted by Crippen LogP contribution is 2.23. The summed E-state index contributed by atoms with van der Waals surface area (Å²) >= 11 is 0. The van der Waals surface area contributed by atoms with Crippen LogP contribution in [-0.2, 0) is 16.4 Å². The number of anilines is 1. The van der Waals surface area contributed by atoms with Gasteiger partial charge < -0.3 is 10.2 Å². The topological polar surface area (TPSA) is 49.4 Å². The summed E-state index contributed by atoms with van der Waals surface area (Å²) in [6.45, 7) is 8.44. The lowest BCUT2D eigenvalue weighted by molar-refractivity contribution is 0.586. The van der Waals surface area contributed by atoms with Gasteiger partial charge in [-0.15, -0.1) is 0 Å². The molecule has 0 atom stereocenters. The average Bonchev–Trinajstić information content (AvgIpc) is 2.37. The molecule has 1 fully saturated rings. The molecule has 0 spiro atoms. The van der Waals surface area contributed by atoms with Crippen molar-refractivity contribution in [1.82, 2.24) is 5.32 Å². The Bertz CT molecular complexity index is 553. The summed E-state index contributed by atoms with van der Waals surface area (Å²) in [7, 11) is -2.81. The van der Waals surface area contributed by atoms with Crippen molar-refractivity contribution in [3.8, 4) is 0 Å². The molecule has 112 valence electrons. The van der Waals surface area contributed by atoms with E-state index in [4.69, 9.17) is 0 Å². The molecule has 0 radical (unpaired) electrons. The van der Waals surface area contributed by atoms with E-state index in [1.54, 1.807) is 0 Å². The summed E-state index contributed by atoms with van der Waals surface area (Å²) in [5.41, 5.74) is 3.64. The van der Waals surface area contributed by atoms with Crippen molar-refractivity contribution in [1.29, 1.82) is 0 Å². The van der Waals surface area contributed by atoms with Gasteiger partial charge in [-0.3, -0.25) is 0 Å². The molecule has 1 saturated heterocycles. The molecule has 0 bridgehead atoms. The third-order valence-electron chi connectivity index (χ3n) is 3.66. The minimum Gasteiger partial charge on any atom is -0.369 e. The van der Waals surface area contributed by atoms with Crippen molar-refractivity contribution in [2.24, 2.45) is 0 Å². The standard InChI is InChI=1S/C15H24N2O2S/c1-12(2)16-11-14-4-5-15(13(3)10-14)17-6-8-20(18,19)9-7-17/h4-5,10,12,16H,6-9,11H2,1-3H3. The van der Waals surface area contributed by atoms with E-state index in [0.29, 0.717) is 19.1 Å². The Morgan fingerprint density at radius 1 is 1.25 bits per heavy atom. The van der Waals surface area contributed by atoms with Crippen LogP contribution in [0.5, 0.6) is 0 Å². The second-order valence-corrected chi connectivity index (χ2v) is 8.10. The molecule has 2 rings (SSSR count). The maximum absolute atomic E-state index is 11.5. The highest BCUT2D eigenvalue weighted by Gasteiger charge is 2.22. The van der Waals surface area contributed by atoms with Gasteiger partial charge in [-0.2, -0.15) is 0 Å². The lowest BCUT2D eigenvalue weighted by Gasteiger charge is -2.30. The average molecular weight is 296 g/mol. The van der Waals surface area contributed by atoms with Gasteiger partial charge in [0.15, 0.2) is 9.84 Å². The molecule has 1 aromatic carbocycles. The molecule has 5 heteroatoms. The first kappa shape index (κ1) is 15.3. The summed E-state index contributed by atoms with van der Waals surface area (Å²) in [4.78, 5) is 2.18. The number of nitrogens with zero attached hydrogens (tertiary/aromatic N) is 1. The van der Waals surface area contributed by atoms with Gasteiger partial charge >= 0.3 is 0 Å². The zero-order valence-corrected chi connectivity index (χ0v) is 13.3. The Labute approximate surface area is 122 Å². The summed E-state index contributed by atoms with van der Waals surface area (Å²) < 4.78 is 23.0. The summed E-state index contributed by atoms with van der Waals surface area (Å²) in [5, 5.41) is 3.41. The Kier molecular flexibility index (Phi) is 4.70.